The summed E-state index contributed by atoms with van der Waals surface area (Å²) in [7, 11) is -1.00. The maximum atomic E-state index is 9.96. The van der Waals surface area contributed by atoms with Crippen molar-refractivity contribution in [1.82, 2.24) is 9.97 Å². The summed E-state index contributed by atoms with van der Waals surface area (Å²) in [4.78, 5) is 7.83. The van der Waals surface area contributed by atoms with Gasteiger partial charge in [-0.15, -0.1) is 12.8 Å². The average Bonchev–Trinajstić information content (AvgIpc) is 2.63. The minimum Gasteiger partial charge on any atom is -0.512 e. The summed E-state index contributed by atoms with van der Waals surface area (Å²) >= 11 is 3.23. The summed E-state index contributed by atoms with van der Waals surface area (Å²) in [6.07, 6.45) is 11.5. The summed E-state index contributed by atoms with van der Waals surface area (Å²) < 4.78 is 16.4. The summed E-state index contributed by atoms with van der Waals surface area (Å²) in [5.74, 6) is 0. The Morgan fingerprint density at radius 3 is 1.76 bits per heavy atom. The van der Waals surface area contributed by atoms with Crippen molar-refractivity contribution in [1.29, 1.82) is 10.5 Å². The molecule has 138 valence electrons. The number of nitriles is 1. The third kappa shape index (κ3) is 21.8. The molecule has 0 spiro atoms. The second-order valence-corrected chi connectivity index (χ2v) is 4.30. The molecule has 0 fully saturated rings. The molecule has 4 nitrogen and oxygen atoms in total. The molecule has 0 radical (unpaired) electrons. The van der Waals surface area contributed by atoms with Gasteiger partial charge in [-0.25, -0.2) is 9.97 Å². The van der Waals surface area contributed by atoms with E-state index in [1.165, 1.54) is 5.56 Å². The van der Waals surface area contributed by atoms with Crippen LogP contribution in [0.2, 0.25) is 0 Å². The number of pyridine rings is 2. The van der Waals surface area contributed by atoms with Gasteiger partial charge in [0.15, 0.2) is 0 Å². The first-order valence-corrected chi connectivity index (χ1v) is 6.64. The van der Waals surface area contributed by atoms with E-state index in [0.29, 0.717) is 5.69 Å². The van der Waals surface area contributed by atoms with E-state index in [-0.39, 0.29) is 24.5 Å². The molecule has 0 atom stereocenters. The van der Waals surface area contributed by atoms with Crippen molar-refractivity contribution in [3.05, 3.63) is 64.7 Å². The number of rotatable bonds is 0. The van der Waals surface area contributed by atoms with Crippen LogP contribution in [0.5, 0.6) is 0 Å². The Morgan fingerprint density at radius 2 is 1.52 bits per heavy atom. The van der Waals surface area contributed by atoms with E-state index in [0.717, 1.165) is 10.2 Å². The van der Waals surface area contributed by atoms with Gasteiger partial charge >= 0.3 is 17.1 Å². The van der Waals surface area contributed by atoms with Gasteiger partial charge in [0.25, 0.3) is 0 Å². The van der Waals surface area contributed by atoms with Crippen molar-refractivity contribution in [2.45, 2.75) is 21.3 Å². The molecule has 0 bridgehead atoms. The zero-order valence-electron chi connectivity index (χ0n) is 14.2. The monoisotopic (exact) mass is 455 g/mol. The van der Waals surface area contributed by atoms with Crippen molar-refractivity contribution >= 4 is 15.9 Å². The second kappa shape index (κ2) is 26.7. The standard InChI is InChI=1S/C7H6N2.C6H6BrN.C2H2.CH3F.CN.CH4.Cu/c1-6-2-3-7(4-8)9-5-6;1-5-2-3-6(7)8-4-5;3*1-2;;/h2-3,5H,1H3;2-4H,1H3;1-2H;1H3;;1H4;/q;;;;-1;;+1/i;;;1D;;;. The Balaban J connectivity index is -0.0000000801. The molecule has 0 aromatic carbocycles. The van der Waals surface area contributed by atoms with Crippen LogP contribution in [0, 0.1) is 49.9 Å². The Morgan fingerprint density at radius 1 is 1.12 bits per heavy atom. The van der Waals surface area contributed by atoms with Gasteiger partial charge in [-0.1, -0.05) is 19.6 Å². The SMILES string of the molecule is C.C#C.Cc1ccc(Br)nc1.Cc1ccc(C#N)nc1.[2H]CF.[C-]#N.[Cu+]. The van der Waals surface area contributed by atoms with Gasteiger partial charge < -0.3 is 11.8 Å². The number of aromatic nitrogens is 2. The van der Waals surface area contributed by atoms with Crippen molar-refractivity contribution in [2.24, 2.45) is 0 Å². The van der Waals surface area contributed by atoms with Gasteiger partial charge in [0.2, 0.25) is 0 Å². The molecule has 0 saturated carbocycles. The van der Waals surface area contributed by atoms with Crippen LogP contribution in [0.3, 0.4) is 0 Å². The minimum absolute atomic E-state index is 0. The van der Waals surface area contributed by atoms with Crippen LogP contribution in [-0.4, -0.2) is 17.1 Å². The summed E-state index contributed by atoms with van der Waals surface area (Å²) in [5, 5.41) is 14.6. The van der Waals surface area contributed by atoms with Crippen LogP contribution in [-0.2, 0) is 17.1 Å². The molecule has 2 rings (SSSR count). The Hall–Kier alpha value is -2.23. The molecular formula is C18H21BrCuFN4. The average molecular weight is 457 g/mol. The molecule has 0 aliphatic heterocycles. The quantitative estimate of drug-likeness (QED) is 0.242. The number of hydrogen-bond donors (Lipinski definition) is 0. The first-order chi connectivity index (χ1) is 11.5. The molecule has 0 aliphatic rings. The normalized spacial score (nSPS) is 6.92. The van der Waals surface area contributed by atoms with E-state index in [4.69, 9.17) is 18.5 Å². The van der Waals surface area contributed by atoms with Gasteiger partial charge in [-0.3, -0.25) is 4.39 Å². The molecule has 7 heteroatoms. The molecule has 0 aliphatic carbocycles. The number of terminal acetylenes is 1. The molecule has 0 saturated heterocycles. The van der Waals surface area contributed by atoms with Crippen molar-refractivity contribution in [3.63, 3.8) is 0 Å². The third-order valence-corrected chi connectivity index (χ3v) is 2.37. The predicted octanol–water partition coefficient (Wildman–Crippen LogP) is 4.98. The maximum Gasteiger partial charge on any atom is 1.00 e. The number of aryl methyl sites for hydroxylation is 2. The second-order valence-electron chi connectivity index (χ2n) is 3.49. The number of nitrogens with zero attached hydrogens (tertiary/aromatic N) is 4. The van der Waals surface area contributed by atoms with Gasteiger partial charge in [-0.2, -0.15) is 5.26 Å². The zero-order chi connectivity index (χ0) is 19.4. The topological polar surface area (TPSA) is 73.4 Å². The van der Waals surface area contributed by atoms with E-state index < -0.39 is 7.15 Å². The maximum absolute atomic E-state index is 9.96. The Bertz CT molecular complexity index is 584. The van der Waals surface area contributed by atoms with Gasteiger partial charge in [0, 0.05) is 12.4 Å². The molecule has 0 unspecified atom stereocenters. The van der Waals surface area contributed by atoms with Gasteiger partial charge in [0.1, 0.15) is 16.4 Å². The summed E-state index contributed by atoms with van der Waals surface area (Å²) in [6.45, 7) is 8.70. The van der Waals surface area contributed by atoms with E-state index >= 15 is 0 Å². The van der Waals surface area contributed by atoms with Crippen LogP contribution in [0.25, 0.3) is 0 Å². The largest absolute Gasteiger partial charge is 1.00 e. The minimum atomic E-state index is -1.00. The van der Waals surface area contributed by atoms with Crippen LogP contribution in [0.4, 0.5) is 4.39 Å². The van der Waals surface area contributed by atoms with Crippen LogP contribution in [0.15, 0.2) is 41.3 Å². The molecular weight excluding hydrogens is 435 g/mol. The van der Waals surface area contributed by atoms with Crippen molar-refractivity contribution in [3.8, 4) is 18.9 Å². The Labute approximate surface area is 171 Å². The number of halogens is 2. The van der Waals surface area contributed by atoms with Crippen LogP contribution >= 0.6 is 15.9 Å². The van der Waals surface area contributed by atoms with E-state index in [2.05, 4.69) is 38.7 Å². The van der Waals surface area contributed by atoms with E-state index in [1.807, 2.05) is 44.3 Å². The zero-order valence-corrected chi connectivity index (χ0v) is 15.7. The number of hydrogen-bond acceptors (Lipinski definition) is 4. The molecule has 2 aromatic heterocycles. The van der Waals surface area contributed by atoms with Gasteiger partial charge in [-0.05, 0) is 53.0 Å². The number of alkyl halides is 1. The predicted molar refractivity (Wildman–Crippen MR) is 99.0 cm³/mol. The van der Waals surface area contributed by atoms with Gasteiger partial charge in [0.05, 0.1) is 8.52 Å². The third-order valence-electron chi connectivity index (χ3n) is 1.90. The molecule has 2 heterocycles. The van der Waals surface area contributed by atoms with Crippen molar-refractivity contribution < 1.29 is 22.8 Å². The van der Waals surface area contributed by atoms with Crippen LogP contribution < -0.4 is 0 Å². The fraction of sp³-hybridized carbons (Fsp3) is 0.222. The molecule has 2 aromatic rings. The summed E-state index contributed by atoms with van der Waals surface area (Å²) in [5.41, 5.74) is 2.74. The van der Waals surface area contributed by atoms with Crippen molar-refractivity contribution in [2.75, 3.05) is 7.15 Å². The smallest absolute Gasteiger partial charge is 0.512 e. The fourth-order valence-corrected chi connectivity index (χ4v) is 1.22. The first-order valence-electron chi connectivity index (χ1n) is 6.56. The Kier molecular flexibility index (Phi) is 32.7. The fourth-order valence-electron chi connectivity index (χ4n) is 0.984. The first kappa shape index (κ1) is 30.6. The van der Waals surface area contributed by atoms with E-state index in [1.54, 1.807) is 12.3 Å². The van der Waals surface area contributed by atoms with E-state index in [9.17, 15) is 4.39 Å². The molecule has 0 N–H and O–H groups in total. The summed E-state index contributed by atoms with van der Waals surface area (Å²) in [6, 6.07) is 9.45. The molecule has 0 amide bonds. The van der Waals surface area contributed by atoms with Crippen LogP contribution in [0.1, 0.15) is 25.6 Å². The molecule has 25 heavy (non-hydrogen) atoms.